The van der Waals surface area contributed by atoms with Crippen molar-refractivity contribution in [1.82, 2.24) is 0 Å². The molecule has 0 aromatic rings. The maximum atomic E-state index is 5.88. The second-order valence-electron chi connectivity index (χ2n) is 5.33. The SMILES string of the molecule is Cl[C@H]1[C@H](Cl)[C@@H](Cl)[C@@H](Cl)[C@H](Cl)[C@H]1Cl.Cl[C@H]1[C@H](Cl)[C@@H](Cl)[C@@H](Cl)[C@H](Cl)[C@H]1Cl.S. The summed E-state index contributed by atoms with van der Waals surface area (Å²) >= 11 is 70.6. The molecule has 0 aromatic carbocycles. The topological polar surface area (TPSA) is 0 Å². The van der Waals surface area contributed by atoms with Crippen molar-refractivity contribution >= 4 is 153 Å². The largest absolute Gasteiger partial charge is 0.197 e. The zero-order valence-corrected chi connectivity index (χ0v) is 22.0. The van der Waals surface area contributed by atoms with Crippen molar-refractivity contribution in [1.29, 1.82) is 0 Å². The molecule has 2 saturated carbocycles. The summed E-state index contributed by atoms with van der Waals surface area (Å²) in [6, 6.07) is 0. The standard InChI is InChI=1S/2C6H6Cl6.H2S/c2*7-1-2(8)4(10)6(12)5(11)3(1)9;/h2*1-6H;1H2/t2*1-,2-,3-,4+,5+,6+;. The van der Waals surface area contributed by atoms with Gasteiger partial charge in [-0.3, -0.25) is 0 Å². The Morgan fingerprint density at radius 2 is 0.240 bits per heavy atom. The van der Waals surface area contributed by atoms with Gasteiger partial charge in [0, 0.05) is 0 Å². The van der Waals surface area contributed by atoms with Crippen molar-refractivity contribution in [3.05, 3.63) is 0 Å². The fourth-order valence-corrected chi connectivity index (χ4v) is 6.76. The minimum absolute atomic E-state index is 0. The van der Waals surface area contributed by atoms with Crippen LogP contribution in [0.2, 0.25) is 0 Å². The monoisotopic (exact) mass is 610 g/mol. The Kier molecular flexibility index (Phi) is 14.6. The van der Waals surface area contributed by atoms with E-state index in [9.17, 15) is 0 Å². The Morgan fingerprint density at radius 1 is 0.200 bits per heavy atom. The number of hydrogen-bond donors (Lipinski definition) is 0. The molecule has 2 aliphatic rings. The van der Waals surface area contributed by atoms with Crippen LogP contribution >= 0.6 is 153 Å². The van der Waals surface area contributed by atoms with E-state index in [1.807, 2.05) is 0 Å². The van der Waals surface area contributed by atoms with Crippen LogP contribution in [0.4, 0.5) is 0 Å². The molecular weight excluding hydrogens is 602 g/mol. The number of halogens is 12. The van der Waals surface area contributed by atoms with E-state index in [1.54, 1.807) is 0 Å². The average Bonchev–Trinajstić information content (AvgIpc) is 2.58. The second-order valence-corrected chi connectivity index (χ2v) is 11.4. The van der Waals surface area contributed by atoms with Gasteiger partial charge in [-0.05, 0) is 0 Å². The molecule has 0 aliphatic heterocycles. The zero-order valence-electron chi connectivity index (χ0n) is 12.0. The van der Waals surface area contributed by atoms with E-state index in [0.29, 0.717) is 0 Å². The summed E-state index contributed by atoms with van der Waals surface area (Å²) < 4.78 is 0. The predicted octanol–water partition coefficient (Wildman–Crippen LogP) is 7.40. The predicted molar refractivity (Wildman–Crippen MR) is 126 cm³/mol. The van der Waals surface area contributed by atoms with E-state index in [4.69, 9.17) is 139 Å². The maximum Gasteiger partial charge on any atom is 0.0693 e. The first kappa shape index (κ1) is 28.8. The van der Waals surface area contributed by atoms with Crippen LogP contribution in [0, 0.1) is 0 Å². The fraction of sp³-hybridized carbons (Fsp3) is 1.00. The maximum absolute atomic E-state index is 5.88. The minimum Gasteiger partial charge on any atom is -0.197 e. The van der Waals surface area contributed by atoms with Crippen LogP contribution in [0.5, 0.6) is 0 Å². The van der Waals surface area contributed by atoms with Gasteiger partial charge in [0.2, 0.25) is 0 Å². The highest BCUT2D eigenvalue weighted by Crippen LogP contribution is 2.40. The molecule has 2 aliphatic carbocycles. The lowest BCUT2D eigenvalue weighted by molar-refractivity contribution is 0.544. The first-order valence-corrected chi connectivity index (χ1v) is 11.9. The van der Waals surface area contributed by atoms with Crippen molar-refractivity contribution in [3.63, 3.8) is 0 Å². The molecule has 0 nitrogen and oxygen atoms in total. The lowest BCUT2D eigenvalue weighted by atomic mass is 9.97. The molecule has 0 spiro atoms. The molecule has 0 saturated heterocycles. The van der Waals surface area contributed by atoms with Gasteiger partial charge in [0.05, 0.1) is 64.5 Å². The Labute approximate surface area is 215 Å². The molecule has 0 bridgehead atoms. The molecule has 2 rings (SSSR count). The number of hydrogen-bond acceptors (Lipinski definition) is 0. The van der Waals surface area contributed by atoms with Crippen molar-refractivity contribution in [2.24, 2.45) is 0 Å². The van der Waals surface area contributed by atoms with Gasteiger partial charge >= 0.3 is 0 Å². The summed E-state index contributed by atoms with van der Waals surface area (Å²) in [5.41, 5.74) is 0. The van der Waals surface area contributed by atoms with Gasteiger partial charge in [-0.1, -0.05) is 0 Å². The molecule has 152 valence electrons. The van der Waals surface area contributed by atoms with Gasteiger partial charge < -0.3 is 0 Å². The highest BCUT2D eigenvalue weighted by atomic mass is 35.5. The third-order valence-electron chi connectivity index (χ3n) is 3.65. The molecule has 0 unspecified atom stereocenters. The van der Waals surface area contributed by atoms with Crippen LogP contribution in [0.25, 0.3) is 0 Å². The fourth-order valence-electron chi connectivity index (χ4n) is 2.11. The average molecular weight is 616 g/mol. The lowest BCUT2D eigenvalue weighted by Crippen LogP contribution is -2.52. The van der Waals surface area contributed by atoms with Gasteiger partial charge in [-0.25, -0.2) is 0 Å². The van der Waals surface area contributed by atoms with Gasteiger partial charge in [0.15, 0.2) is 0 Å². The molecule has 0 atom stereocenters. The molecule has 25 heavy (non-hydrogen) atoms. The van der Waals surface area contributed by atoms with Crippen LogP contribution in [0.1, 0.15) is 0 Å². The van der Waals surface area contributed by atoms with Gasteiger partial charge in [-0.15, -0.1) is 139 Å². The Hall–Kier alpha value is 3.83. The third kappa shape index (κ3) is 6.91. The van der Waals surface area contributed by atoms with Crippen LogP contribution in [0.15, 0.2) is 0 Å². The van der Waals surface area contributed by atoms with E-state index in [-0.39, 0.29) is 13.5 Å². The summed E-state index contributed by atoms with van der Waals surface area (Å²) in [7, 11) is 0. The summed E-state index contributed by atoms with van der Waals surface area (Å²) in [5, 5.41) is -5.24. The van der Waals surface area contributed by atoms with Crippen molar-refractivity contribution < 1.29 is 0 Å². The quantitative estimate of drug-likeness (QED) is 0.249. The molecule has 0 radical (unpaired) electrons. The van der Waals surface area contributed by atoms with Crippen LogP contribution in [-0.2, 0) is 0 Å². The zero-order chi connectivity index (χ0) is 18.9. The first-order valence-electron chi connectivity index (χ1n) is 6.62. The Morgan fingerprint density at radius 3 is 0.280 bits per heavy atom. The lowest BCUT2D eigenvalue weighted by Gasteiger charge is -2.37. The summed E-state index contributed by atoms with van der Waals surface area (Å²) in [6.45, 7) is 0. The van der Waals surface area contributed by atoms with Gasteiger partial charge in [0.1, 0.15) is 0 Å². The Balaban J connectivity index is 0.000000443. The van der Waals surface area contributed by atoms with Crippen LogP contribution < -0.4 is 0 Å². The van der Waals surface area contributed by atoms with Crippen LogP contribution in [-0.4, -0.2) is 64.5 Å². The molecule has 2 fully saturated rings. The third-order valence-corrected chi connectivity index (χ3v) is 11.7. The van der Waals surface area contributed by atoms with Gasteiger partial charge in [0.25, 0.3) is 0 Å². The second kappa shape index (κ2) is 12.6. The van der Waals surface area contributed by atoms with E-state index < -0.39 is 64.5 Å². The summed E-state index contributed by atoms with van der Waals surface area (Å²) in [4.78, 5) is 0. The molecular formula is C12H14Cl12S. The van der Waals surface area contributed by atoms with Crippen molar-refractivity contribution in [2.75, 3.05) is 0 Å². The minimum atomic E-state index is -0.437. The van der Waals surface area contributed by atoms with E-state index in [2.05, 4.69) is 0 Å². The Bertz CT molecular complexity index is 249. The molecule has 0 amide bonds. The normalized spacial score (nSPS) is 53.3. The number of rotatable bonds is 0. The smallest absolute Gasteiger partial charge is 0.0693 e. The highest BCUT2D eigenvalue weighted by Gasteiger charge is 2.47. The molecule has 0 N–H and O–H groups in total. The molecule has 0 heterocycles. The van der Waals surface area contributed by atoms with E-state index in [1.165, 1.54) is 0 Å². The first-order chi connectivity index (χ1) is 10.9. The van der Waals surface area contributed by atoms with Gasteiger partial charge in [-0.2, -0.15) is 13.5 Å². The summed E-state index contributed by atoms with van der Waals surface area (Å²) in [6.07, 6.45) is 0. The highest BCUT2D eigenvalue weighted by molar-refractivity contribution is 7.59. The molecule has 13 heteroatoms. The van der Waals surface area contributed by atoms with E-state index >= 15 is 0 Å². The summed E-state index contributed by atoms with van der Waals surface area (Å²) in [5.74, 6) is 0. The van der Waals surface area contributed by atoms with E-state index in [0.717, 1.165) is 0 Å². The molecule has 0 aromatic heterocycles. The van der Waals surface area contributed by atoms with Crippen molar-refractivity contribution in [3.8, 4) is 0 Å². The van der Waals surface area contributed by atoms with Crippen LogP contribution in [0.3, 0.4) is 0 Å². The van der Waals surface area contributed by atoms with Crippen molar-refractivity contribution in [2.45, 2.75) is 64.5 Å². The number of alkyl halides is 12.